The lowest BCUT2D eigenvalue weighted by atomic mass is 10.3. The van der Waals surface area contributed by atoms with Crippen LogP contribution < -0.4 is 16.6 Å². The van der Waals surface area contributed by atoms with Gasteiger partial charge >= 0.3 is 0 Å². The summed E-state index contributed by atoms with van der Waals surface area (Å²) in [7, 11) is 0. The minimum Gasteiger partial charge on any atom is -0.368 e. The lowest BCUT2D eigenvalue weighted by Gasteiger charge is -2.09. The van der Waals surface area contributed by atoms with E-state index in [1.54, 1.807) is 0 Å². The van der Waals surface area contributed by atoms with Crippen molar-refractivity contribution in [3.63, 3.8) is 0 Å². The van der Waals surface area contributed by atoms with Crippen molar-refractivity contribution in [3.8, 4) is 0 Å². The number of nitrogen functional groups attached to an aromatic ring is 1. The molecule has 0 aromatic carbocycles. The van der Waals surface area contributed by atoms with Crippen LogP contribution in [0.3, 0.4) is 0 Å². The van der Waals surface area contributed by atoms with Crippen LogP contribution in [0.25, 0.3) is 0 Å². The van der Waals surface area contributed by atoms with Gasteiger partial charge in [0, 0.05) is 24.7 Å². The molecule has 106 valence electrons. The number of rotatable bonds is 6. The minimum atomic E-state index is 0.498. The van der Waals surface area contributed by atoms with Crippen molar-refractivity contribution in [2.24, 2.45) is 5.84 Å². The molecule has 1 aliphatic carbocycles. The van der Waals surface area contributed by atoms with Crippen molar-refractivity contribution in [3.05, 3.63) is 29.8 Å². The zero-order valence-corrected chi connectivity index (χ0v) is 11.5. The van der Waals surface area contributed by atoms with Gasteiger partial charge < -0.3 is 10.7 Å². The summed E-state index contributed by atoms with van der Waals surface area (Å²) in [5.74, 6) is 8.28. The number of hydrogen-bond acceptors (Lipinski definition) is 6. The van der Waals surface area contributed by atoms with Gasteiger partial charge in [-0.15, -0.1) is 0 Å². The summed E-state index contributed by atoms with van der Waals surface area (Å²) >= 11 is 0. The summed E-state index contributed by atoms with van der Waals surface area (Å²) in [4.78, 5) is 8.91. The Morgan fingerprint density at radius 3 is 2.80 bits per heavy atom. The molecule has 0 unspecified atom stereocenters. The molecule has 0 saturated heterocycles. The van der Waals surface area contributed by atoms with E-state index in [-0.39, 0.29) is 0 Å². The van der Waals surface area contributed by atoms with Crippen molar-refractivity contribution in [2.45, 2.75) is 32.2 Å². The van der Waals surface area contributed by atoms with Gasteiger partial charge in [0.1, 0.15) is 17.5 Å². The standard InChI is InChI=1S/C13H19N7/c1-9-7-16-20(8-9)5-4-15-11-6-12(19-14)18-13(17-11)10-2-3-10/h6-8,10H,2-5,14H2,1H3,(H2,15,17,18,19). The molecule has 0 aliphatic heterocycles. The lowest BCUT2D eigenvalue weighted by Crippen LogP contribution is -2.15. The Balaban J connectivity index is 1.62. The Morgan fingerprint density at radius 1 is 1.35 bits per heavy atom. The Hall–Kier alpha value is -2.15. The number of hydrazine groups is 1. The molecule has 1 fully saturated rings. The van der Waals surface area contributed by atoms with Crippen LogP contribution in [0.5, 0.6) is 0 Å². The minimum absolute atomic E-state index is 0.498. The number of nitrogens with two attached hydrogens (primary N) is 1. The summed E-state index contributed by atoms with van der Waals surface area (Å²) in [5.41, 5.74) is 3.76. The predicted octanol–water partition coefficient (Wildman–Crippen LogP) is 1.26. The van der Waals surface area contributed by atoms with Crippen LogP contribution in [-0.2, 0) is 6.54 Å². The normalized spacial score (nSPS) is 14.3. The smallest absolute Gasteiger partial charge is 0.145 e. The fourth-order valence-electron chi connectivity index (χ4n) is 2.04. The molecule has 2 aromatic heterocycles. The third kappa shape index (κ3) is 3.05. The van der Waals surface area contributed by atoms with E-state index in [4.69, 9.17) is 5.84 Å². The van der Waals surface area contributed by atoms with Crippen molar-refractivity contribution in [1.29, 1.82) is 0 Å². The second-order valence-electron chi connectivity index (χ2n) is 5.12. The molecule has 0 atom stereocenters. The highest BCUT2D eigenvalue weighted by molar-refractivity contribution is 5.47. The molecule has 1 saturated carbocycles. The fraction of sp³-hybridized carbons (Fsp3) is 0.462. The van der Waals surface area contributed by atoms with Gasteiger partial charge in [-0.2, -0.15) is 5.10 Å². The third-order valence-corrected chi connectivity index (χ3v) is 3.24. The highest BCUT2D eigenvalue weighted by Gasteiger charge is 2.27. The van der Waals surface area contributed by atoms with Crippen LogP contribution in [-0.4, -0.2) is 26.3 Å². The Kier molecular flexibility index (Phi) is 3.51. The third-order valence-electron chi connectivity index (χ3n) is 3.24. The number of nitrogens with zero attached hydrogens (tertiary/aromatic N) is 4. The number of aryl methyl sites for hydroxylation is 1. The van der Waals surface area contributed by atoms with E-state index in [1.165, 1.54) is 12.8 Å². The summed E-state index contributed by atoms with van der Waals surface area (Å²) in [6, 6.07) is 1.82. The number of aromatic nitrogens is 4. The summed E-state index contributed by atoms with van der Waals surface area (Å²) in [6.07, 6.45) is 6.20. The van der Waals surface area contributed by atoms with Gasteiger partial charge in [0.2, 0.25) is 0 Å². The first kappa shape index (κ1) is 12.9. The molecule has 0 amide bonds. The van der Waals surface area contributed by atoms with Crippen LogP contribution in [0.15, 0.2) is 18.5 Å². The molecular formula is C13H19N7. The molecule has 7 heteroatoms. The van der Waals surface area contributed by atoms with Crippen LogP contribution >= 0.6 is 0 Å². The van der Waals surface area contributed by atoms with E-state index < -0.39 is 0 Å². The van der Waals surface area contributed by atoms with Crippen LogP contribution in [0.2, 0.25) is 0 Å². The quantitative estimate of drug-likeness (QED) is 0.542. The van der Waals surface area contributed by atoms with Crippen LogP contribution in [0, 0.1) is 6.92 Å². The van der Waals surface area contributed by atoms with Gasteiger partial charge in [-0.25, -0.2) is 15.8 Å². The van der Waals surface area contributed by atoms with Crippen molar-refractivity contribution in [1.82, 2.24) is 19.7 Å². The summed E-state index contributed by atoms with van der Waals surface area (Å²) < 4.78 is 1.91. The van der Waals surface area contributed by atoms with E-state index in [0.717, 1.165) is 30.3 Å². The van der Waals surface area contributed by atoms with Crippen LogP contribution in [0.4, 0.5) is 11.6 Å². The molecule has 20 heavy (non-hydrogen) atoms. The second kappa shape index (κ2) is 5.46. The Morgan fingerprint density at radius 2 is 2.15 bits per heavy atom. The first-order valence-electron chi connectivity index (χ1n) is 6.83. The van der Waals surface area contributed by atoms with Gasteiger partial charge in [-0.1, -0.05) is 0 Å². The van der Waals surface area contributed by atoms with Crippen LogP contribution in [0.1, 0.15) is 30.1 Å². The maximum atomic E-state index is 5.45. The average molecular weight is 273 g/mol. The van der Waals surface area contributed by atoms with Gasteiger partial charge in [0.05, 0.1) is 12.7 Å². The van der Waals surface area contributed by atoms with Gasteiger partial charge in [0.25, 0.3) is 0 Å². The van der Waals surface area contributed by atoms with Crippen molar-refractivity contribution >= 4 is 11.6 Å². The molecule has 2 heterocycles. The molecule has 1 aliphatic rings. The Bertz CT molecular complexity index is 588. The second-order valence-corrected chi connectivity index (χ2v) is 5.12. The summed E-state index contributed by atoms with van der Waals surface area (Å²) in [6.45, 7) is 3.58. The lowest BCUT2D eigenvalue weighted by molar-refractivity contribution is 0.636. The van der Waals surface area contributed by atoms with Gasteiger partial charge in [-0.05, 0) is 25.3 Å². The maximum Gasteiger partial charge on any atom is 0.145 e. The molecular weight excluding hydrogens is 254 g/mol. The van der Waals surface area contributed by atoms with E-state index in [9.17, 15) is 0 Å². The Labute approximate surface area is 117 Å². The van der Waals surface area contributed by atoms with E-state index >= 15 is 0 Å². The largest absolute Gasteiger partial charge is 0.368 e. The zero-order valence-electron chi connectivity index (χ0n) is 11.5. The first-order chi connectivity index (χ1) is 9.74. The topological polar surface area (TPSA) is 93.7 Å². The highest BCUT2D eigenvalue weighted by Crippen LogP contribution is 2.38. The van der Waals surface area contributed by atoms with E-state index in [1.807, 2.05) is 30.1 Å². The predicted molar refractivity (Wildman–Crippen MR) is 77.3 cm³/mol. The summed E-state index contributed by atoms with van der Waals surface area (Å²) in [5, 5.41) is 7.54. The van der Waals surface area contributed by atoms with Crippen molar-refractivity contribution in [2.75, 3.05) is 17.3 Å². The molecule has 0 spiro atoms. The fourth-order valence-corrected chi connectivity index (χ4v) is 2.04. The maximum absolute atomic E-state index is 5.45. The van der Waals surface area contributed by atoms with E-state index in [0.29, 0.717) is 11.7 Å². The average Bonchev–Trinajstić information content (AvgIpc) is 3.22. The molecule has 4 N–H and O–H groups in total. The number of anilines is 2. The zero-order chi connectivity index (χ0) is 13.9. The molecule has 3 rings (SSSR count). The first-order valence-corrected chi connectivity index (χ1v) is 6.83. The van der Waals surface area contributed by atoms with Crippen molar-refractivity contribution < 1.29 is 0 Å². The highest BCUT2D eigenvalue weighted by atomic mass is 15.3. The molecule has 7 nitrogen and oxygen atoms in total. The number of hydrogen-bond donors (Lipinski definition) is 3. The molecule has 0 bridgehead atoms. The van der Waals surface area contributed by atoms with Gasteiger partial charge in [0.15, 0.2) is 0 Å². The van der Waals surface area contributed by atoms with Gasteiger partial charge in [-0.3, -0.25) is 4.68 Å². The van der Waals surface area contributed by atoms with E-state index in [2.05, 4.69) is 25.8 Å². The monoisotopic (exact) mass is 273 g/mol. The molecule has 0 radical (unpaired) electrons. The number of nitrogens with one attached hydrogen (secondary N) is 2. The molecule has 2 aromatic rings. The SMILES string of the molecule is Cc1cnn(CCNc2cc(NN)nc(C3CC3)n2)c1.